The molecule has 2 aromatic carbocycles. The molecule has 8 rings (SSSR count). The number of aliphatic hydroxyl groups is 1. The third-order valence-electron chi connectivity index (χ3n) is 11.3. The molecule has 6 aromatic rings. The number of hydrogen-bond acceptors (Lipinski definition) is 12. The van der Waals surface area contributed by atoms with Crippen LogP contribution in [0.25, 0.3) is 27.2 Å². The van der Waals surface area contributed by atoms with Crippen molar-refractivity contribution in [3.63, 3.8) is 0 Å². The molecule has 4 N–H and O–H groups in total. The van der Waals surface area contributed by atoms with E-state index < -0.39 is 35.4 Å². The van der Waals surface area contributed by atoms with Crippen LogP contribution in [0, 0.1) is 18.3 Å². The van der Waals surface area contributed by atoms with E-state index in [2.05, 4.69) is 36.1 Å². The van der Waals surface area contributed by atoms with E-state index in [4.69, 9.17) is 4.42 Å². The monoisotopic (exact) mass is 844 g/mol. The Morgan fingerprint density at radius 3 is 2.44 bits per heavy atom. The number of β-amino-alcohol motifs (C(OH)–C–C–N with tert-alkyl or cyclic N) is 1. The summed E-state index contributed by atoms with van der Waals surface area (Å²) in [5.74, 6) is -0.595. The van der Waals surface area contributed by atoms with Crippen LogP contribution in [-0.4, -0.2) is 101 Å². The van der Waals surface area contributed by atoms with Gasteiger partial charge in [0.05, 0.1) is 40.9 Å². The summed E-state index contributed by atoms with van der Waals surface area (Å²) in [6.07, 6.45) is 4.52. The number of hydrogen-bond donors (Lipinski definition) is 4. The molecule has 17 heteroatoms. The highest BCUT2D eigenvalue weighted by atomic mass is 32.1. The lowest BCUT2D eigenvalue weighted by Gasteiger charge is -2.35. The van der Waals surface area contributed by atoms with Gasteiger partial charge in [-0.2, -0.15) is 0 Å². The van der Waals surface area contributed by atoms with Crippen molar-refractivity contribution in [2.24, 2.45) is 11.3 Å². The van der Waals surface area contributed by atoms with Gasteiger partial charge in [-0.3, -0.25) is 23.6 Å². The molecular weight excluding hydrogens is 797 g/mol. The quantitative estimate of drug-likeness (QED) is 0.133. The fourth-order valence-corrected chi connectivity index (χ4v) is 8.72. The van der Waals surface area contributed by atoms with E-state index in [1.54, 1.807) is 51.6 Å². The Bertz CT molecular complexity index is 2530. The van der Waals surface area contributed by atoms with Gasteiger partial charge in [-0.15, -0.1) is 21.5 Å². The number of furan rings is 1. The van der Waals surface area contributed by atoms with Gasteiger partial charge in [0.15, 0.2) is 5.65 Å². The molecule has 4 unspecified atom stereocenters. The smallest absolute Gasteiger partial charge is 0.253 e. The number of carbonyl (C=O) groups excluding carboxylic acids is 4. The second-order valence-electron chi connectivity index (χ2n) is 16.7. The van der Waals surface area contributed by atoms with Crippen molar-refractivity contribution in [1.29, 1.82) is 0 Å². The zero-order chi connectivity index (χ0) is 42.8. The predicted molar refractivity (Wildman–Crippen MR) is 228 cm³/mol. The molecule has 0 aliphatic carbocycles. The third-order valence-corrected chi connectivity index (χ3v) is 12.3. The van der Waals surface area contributed by atoms with Crippen molar-refractivity contribution in [3.8, 4) is 21.6 Å². The Labute approximate surface area is 356 Å². The van der Waals surface area contributed by atoms with Gasteiger partial charge in [0.25, 0.3) is 5.91 Å². The maximum atomic E-state index is 14.2. The van der Waals surface area contributed by atoms with Crippen molar-refractivity contribution < 1.29 is 28.7 Å². The second-order valence-corrected chi connectivity index (χ2v) is 17.5. The van der Waals surface area contributed by atoms with Gasteiger partial charge in [0.1, 0.15) is 24.2 Å². The third kappa shape index (κ3) is 8.88. The lowest BCUT2D eigenvalue weighted by Crippen LogP contribution is -2.58. The Kier molecular flexibility index (Phi) is 11.7. The number of nitrogens with zero attached hydrogens (tertiary/aromatic N) is 7. The molecule has 0 bridgehead atoms. The van der Waals surface area contributed by atoms with Gasteiger partial charge in [0, 0.05) is 49.9 Å². The van der Waals surface area contributed by atoms with Crippen molar-refractivity contribution >= 4 is 46.6 Å². The molecule has 2 fully saturated rings. The van der Waals surface area contributed by atoms with Crippen LogP contribution in [0.5, 0.6) is 0 Å². The first-order valence-corrected chi connectivity index (χ1v) is 21.1. The van der Waals surface area contributed by atoms with E-state index in [9.17, 15) is 24.3 Å². The Hall–Kier alpha value is -6.46. The zero-order valence-electron chi connectivity index (χ0n) is 34.4. The normalized spacial score (nSPS) is 18.3. The summed E-state index contributed by atoms with van der Waals surface area (Å²) in [5, 5.41) is 28.2. The first-order chi connectivity index (χ1) is 29.3. The number of likely N-dealkylation sites (tertiary alicyclic amines) is 2. The number of amides is 4. The molecule has 61 heavy (non-hydrogen) atoms. The van der Waals surface area contributed by atoms with Gasteiger partial charge in [-0.25, -0.2) is 9.97 Å². The maximum Gasteiger partial charge on any atom is 0.253 e. The van der Waals surface area contributed by atoms with Gasteiger partial charge in [-0.05, 0) is 59.7 Å². The molecule has 6 heterocycles. The number of anilines is 1. The van der Waals surface area contributed by atoms with Crippen LogP contribution in [0.4, 0.5) is 5.95 Å². The summed E-state index contributed by atoms with van der Waals surface area (Å²) in [6, 6.07) is 16.8. The van der Waals surface area contributed by atoms with Crippen LogP contribution < -0.4 is 16.0 Å². The number of thiazole rings is 1. The number of aryl methyl sites for hydroxylation is 1. The maximum absolute atomic E-state index is 14.2. The van der Waals surface area contributed by atoms with Gasteiger partial charge < -0.3 is 35.3 Å². The minimum Gasteiger partial charge on any atom is -0.467 e. The van der Waals surface area contributed by atoms with E-state index in [1.807, 2.05) is 81.7 Å². The predicted octanol–water partition coefficient (Wildman–Crippen LogP) is 4.70. The lowest BCUT2D eigenvalue weighted by atomic mass is 9.85. The van der Waals surface area contributed by atoms with Crippen molar-refractivity contribution in [3.05, 3.63) is 108 Å². The van der Waals surface area contributed by atoms with Crippen LogP contribution in [0.1, 0.15) is 61.0 Å². The highest BCUT2D eigenvalue weighted by Crippen LogP contribution is 2.30. The molecular formula is C44H48N10O6S. The van der Waals surface area contributed by atoms with E-state index in [1.165, 1.54) is 4.90 Å². The molecule has 4 amide bonds. The van der Waals surface area contributed by atoms with Crippen molar-refractivity contribution in [2.45, 2.75) is 71.8 Å². The molecule has 0 saturated carbocycles. The average molecular weight is 845 g/mol. The molecule has 0 radical (unpaired) electrons. The number of aliphatic hydroxyl groups excluding tert-OH is 1. The highest BCUT2D eigenvalue weighted by Gasteiger charge is 2.45. The van der Waals surface area contributed by atoms with Crippen LogP contribution in [0.3, 0.4) is 0 Å². The highest BCUT2D eigenvalue weighted by molar-refractivity contribution is 7.13. The molecule has 16 nitrogen and oxygen atoms in total. The molecule has 2 aliphatic heterocycles. The second kappa shape index (κ2) is 17.3. The van der Waals surface area contributed by atoms with E-state index in [0.717, 1.165) is 38.6 Å². The number of nitrogens with one attached hydrogen (secondary N) is 3. The number of rotatable bonds is 12. The molecule has 4 aromatic heterocycles. The van der Waals surface area contributed by atoms with Crippen LogP contribution in [-0.2, 0) is 27.5 Å². The van der Waals surface area contributed by atoms with Crippen LogP contribution in [0.2, 0.25) is 0 Å². The van der Waals surface area contributed by atoms with Crippen molar-refractivity contribution in [1.82, 2.24) is 45.0 Å². The first-order valence-electron chi connectivity index (χ1n) is 20.2. The summed E-state index contributed by atoms with van der Waals surface area (Å²) in [5.41, 5.74) is 6.58. The Balaban J connectivity index is 0.873. The first kappa shape index (κ1) is 41.3. The Morgan fingerprint density at radius 1 is 0.967 bits per heavy atom. The largest absolute Gasteiger partial charge is 0.467 e. The average Bonchev–Trinajstić information content (AvgIpc) is 4.12. The van der Waals surface area contributed by atoms with Gasteiger partial charge in [-0.1, -0.05) is 57.2 Å². The van der Waals surface area contributed by atoms with E-state index in [-0.39, 0.29) is 43.8 Å². The standard InChI is InChI=1S/C44H48N10O6S/c1-26-36(61-25-48-26)29-9-7-27(8-10-29)19-45-40(57)35-18-32(55)23-53(35)42(59)37(44(2,3)4)50-39(56)31-15-16-52(22-31)41(58)30-13-11-28(12-14-30)34-21-47-43(54-24-49-51-38(34)54)46-20-33-6-5-17-60-33/h5-14,17,21,24-25,31-32,35,37,55H,15-16,18-20,22-23H2,1-4H3,(H,45,57)(H,46,47)(H,50,56). The minimum atomic E-state index is -0.979. The number of carbonyl (C=O) groups is 4. The van der Waals surface area contributed by atoms with Crippen LogP contribution in [0.15, 0.2) is 89.4 Å². The molecule has 4 atom stereocenters. The molecule has 2 saturated heterocycles. The number of fused-ring (bicyclic) bond motifs is 1. The fourth-order valence-electron chi connectivity index (χ4n) is 7.91. The lowest BCUT2D eigenvalue weighted by molar-refractivity contribution is -0.144. The van der Waals surface area contributed by atoms with Gasteiger partial charge >= 0.3 is 0 Å². The van der Waals surface area contributed by atoms with Crippen molar-refractivity contribution in [2.75, 3.05) is 25.0 Å². The summed E-state index contributed by atoms with van der Waals surface area (Å²) < 4.78 is 7.16. The van der Waals surface area contributed by atoms with Crippen LogP contribution >= 0.6 is 11.3 Å². The summed E-state index contributed by atoms with van der Waals surface area (Å²) in [7, 11) is 0. The minimum absolute atomic E-state index is 0.0256. The number of benzene rings is 2. The summed E-state index contributed by atoms with van der Waals surface area (Å²) in [4.78, 5) is 68.3. The van der Waals surface area contributed by atoms with E-state index in [0.29, 0.717) is 36.7 Å². The number of aromatic nitrogens is 5. The fraction of sp³-hybridized carbons (Fsp3) is 0.364. The Morgan fingerprint density at radius 2 is 1.74 bits per heavy atom. The summed E-state index contributed by atoms with van der Waals surface area (Å²) in [6.45, 7) is 8.73. The van der Waals surface area contributed by atoms with Gasteiger partial charge in [0.2, 0.25) is 23.7 Å². The topological polar surface area (TPSA) is 200 Å². The molecule has 316 valence electrons. The summed E-state index contributed by atoms with van der Waals surface area (Å²) >= 11 is 1.57. The SMILES string of the molecule is Cc1ncsc1-c1ccc(CNC(=O)C2CC(O)CN2C(=O)C(NC(=O)C2CCN(C(=O)c3ccc(-c4cnc(NCc5ccco5)n5cnnc45)cc3)C2)C(C)(C)C)cc1. The molecule has 0 spiro atoms. The van der Waals surface area contributed by atoms with E-state index >= 15 is 0 Å². The molecule has 2 aliphatic rings. The zero-order valence-corrected chi connectivity index (χ0v) is 35.2.